The third-order valence-corrected chi connectivity index (χ3v) is 3.45. The lowest BCUT2D eigenvalue weighted by molar-refractivity contribution is 0.292. The molecule has 2 heterocycles. The molecule has 3 aromatic rings. The lowest BCUT2D eigenvalue weighted by Gasteiger charge is -2.16. The second kappa shape index (κ2) is 7.27. The predicted molar refractivity (Wildman–Crippen MR) is 89.0 cm³/mol. The Morgan fingerprint density at radius 1 is 1.25 bits per heavy atom. The first-order valence-corrected chi connectivity index (χ1v) is 7.67. The molecule has 0 N–H and O–H groups in total. The quantitative estimate of drug-likeness (QED) is 0.679. The molecular weight excluding hydrogens is 330 g/mol. The summed E-state index contributed by atoms with van der Waals surface area (Å²) in [6, 6.07) is 7.49. The number of halogens is 1. The van der Waals surface area contributed by atoms with Gasteiger partial charge in [0.25, 0.3) is 0 Å². The molecule has 0 spiro atoms. The Bertz CT molecular complexity index is 823. The predicted octanol–water partition coefficient (Wildman–Crippen LogP) is 3.04. The average Bonchev–Trinajstić information content (AvgIpc) is 2.98. The molecule has 0 saturated carbocycles. The molecule has 8 heteroatoms. The van der Waals surface area contributed by atoms with Crippen LogP contribution < -0.4 is 9.64 Å². The zero-order valence-electron chi connectivity index (χ0n) is 13.3. The van der Waals surface area contributed by atoms with Gasteiger partial charge in [0.15, 0.2) is 11.6 Å². The summed E-state index contributed by atoms with van der Waals surface area (Å²) in [6.07, 6.45) is 3.22. The first-order valence-electron chi connectivity index (χ1n) is 7.30. The third kappa shape index (κ3) is 4.20. The van der Waals surface area contributed by atoms with Gasteiger partial charge in [-0.05, 0) is 17.7 Å². The van der Waals surface area contributed by atoms with E-state index in [2.05, 4.69) is 20.1 Å². The topological polar surface area (TPSA) is 77.2 Å². The highest BCUT2D eigenvalue weighted by molar-refractivity contribution is 6.30. The van der Waals surface area contributed by atoms with Crippen molar-refractivity contribution in [2.24, 2.45) is 0 Å². The van der Waals surface area contributed by atoms with E-state index >= 15 is 0 Å². The molecule has 7 nitrogen and oxygen atoms in total. The maximum Gasteiger partial charge on any atom is 0.234 e. The van der Waals surface area contributed by atoms with Gasteiger partial charge in [-0.3, -0.25) is 4.98 Å². The Balaban J connectivity index is 1.65. The van der Waals surface area contributed by atoms with Gasteiger partial charge >= 0.3 is 0 Å². The van der Waals surface area contributed by atoms with Crippen molar-refractivity contribution in [3.63, 3.8) is 0 Å². The number of benzene rings is 1. The molecule has 0 aliphatic rings. The Labute approximate surface area is 144 Å². The van der Waals surface area contributed by atoms with Gasteiger partial charge in [-0.1, -0.05) is 28.9 Å². The van der Waals surface area contributed by atoms with Crippen LogP contribution in [0, 0.1) is 6.92 Å². The van der Waals surface area contributed by atoms with Crippen LogP contribution in [0.1, 0.15) is 17.3 Å². The Morgan fingerprint density at radius 3 is 2.88 bits per heavy atom. The van der Waals surface area contributed by atoms with Crippen LogP contribution in [0.5, 0.6) is 5.88 Å². The summed E-state index contributed by atoms with van der Waals surface area (Å²) >= 11 is 5.96. The van der Waals surface area contributed by atoms with E-state index in [4.69, 9.17) is 20.9 Å². The first kappa shape index (κ1) is 16.2. The number of hydrogen-bond donors (Lipinski definition) is 0. The van der Waals surface area contributed by atoms with Crippen LogP contribution in [0.4, 0.5) is 5.82 Å². The third-order valence-electron chi connectivity index (χ3n) is 3.21. The van der Waals surface area contributed by atoms with Crippen LogP contribution in [0.2, 0.25) is 5.02 Å². The lowest BCUT2D eigenvalue weighted by Crippen LogP contribution is -2.19. The summed E-state index contributed by atoms with van der Waals surface area (Å²) < 4.78 is 10.6. The van der Waals surface area contributed by atoms with Crippen LogP contribution >= 0.6 is 11.6 Å². The van der Waals surface area contributed by atoms with Crippen molar-refractivity contribution in [2.75, 3.05) is 11.9 Å². The summed E-state index contributed by atoms with van der Waals surface area (Å²) in [5.74, 6) is 2.20. The fourth-order valence-electron chi connectivity index (χ4n) is 2.07. The number of aromatic nitrogens is 4. The minimum absolute atomic E-state index is 0.368. The summed E-state index contributed by atoms with van der Waals surface area (Å²) in [7, 11) is 1.87. The van der Waals surface area contributed by atoms with Crippen LogP contribution in [0.25, 0.3) is 0 Å². The van der Waals surface area contributed by atoms with Gasteiger partial charge in [-0.15, -0.1) is 0 Å². The molecule has 1 aromatic carbocycles. The second-order valence-electron chi connectivity index (χ2n) is 5.22. The number of hydrogen-bond acceptors (Lipinski definition) is 7. The maximum absolute atomic E-state index is 5.96. The summed E-state index contributed by atoms with van der Waals surface area (Å²) in [5.41, 5.74) is 0.963. The molecule has 24 heavy (non-hydrogen) atoms. The number of nitrogens with zero attached hydrogens (tertiary/aromatic N) is 5. The van der Waals surface area contributed by atoms with E-state index < -0.39 is 0 Å². The molecule has 0 unspecified atom stereocenters. The molecule has 0 aliphatic heterocycles. The summed E-state index contributed by atoms with van der Waals surface area (Å²) in [4.78, 5) is 14.6. The van der Waals surface area contributed by atoms with Crippen molar-refractivity contribution in [2.45, 2.75) is 20.1 Å². The molecule has 0 bridgehead atoms. The van der Waals surface area contributed by atoms with E-state index in [-0.39, 0.29) is 0 Å². The molecule has 0 aliphatic carbocycles. The van der Waals surface area contributed by atoms with Crippen molar-refractivity contribution in [1.29, 1.82) is 0 Å². The smallest absolute Gasteiger partial charge is 0.234 e. The maximum atomic E-state index is 5.96. The Morgan fingerprint density at radius 2 is 2.12 bits per heavy atom. The molecule has 0 atom stereocenters. The molecule has 0 fully saturated rings. The molecule has 3 rings (SSSR count). The SMILES string of the molecule is Cc1nc(CN(C)c2cncc(OCc3cccc(Cl)c3)n2)no1. The summed E-state index contributed by atoms with van der Waals surface area (Å²) in [6.45, 7) is 2.58. The Hall–Kier alpha value is -2.67. The lowest BCUT2D eigenvalue weighted by atomic mass is 10.2. The zero-order valence-corrected chi connectivity index (χ0v) is 14.1. The fraction of sp³-hybridized carbons (Fsp3) is 0.250. The first-order chi connectivity index (χ1) is 11.6. The van der Waals surface area contributed by atoms with Gasteiger partial charge in [0.1, 0.15) is 6.61 Å². The van der Waals surface area contributed by atoms with Crippen LogP contribution in [-0.2, 0) is 13.2 Å². The van der Waals surface area contributed by atoms with Crippen LogP contribution in [-0.4, -0.2) is 27.2 Å². The normalized spacial score (nSPS) is 10.6. The monoisotopic (exact) mass is 345 g/mol. The zero-order chi connectivity index (χ0) is 16.9. The van der Waals surface area contributed by atoms with E-state index in [9.17, 15) is 0 Å². The van der Waals surface area contributed by atoms with E-state index in [0.717, 1.165) is 5.56 Å². The van der Waals surface area contributed by atoms with Gasteiger partial charge < -0.3 is 14.2 Å². The Kier molecular flexibility index (Phi) is 4.90. The average molecular weight is 346 g/mol. The van der Waals surface area contributed by atoms with Crippen molar-refractivity contribution < 1.29 is 9.26 Å². The highest BCUT2D eigenvalue weighted by atomic mass is 35.5. The van der Waals surface area contributed by atoms with E-state index in [0.29, 0.717) is 41.6 Å². The molecule has 0 amide bonds. The summed E-state index contributed by atoms with van der Waals surface area (Å²) in [5, 5.41) is 4.54. The van der Waals surface area contributed by atoms with Crippen molar-refractivity contribution in [1.82, 2.24) is 20.1 Å². The number of rotatable bonds is 6. The van der Waals surface area contributed by atoms with Gasteiger partial charge in [-0.2, -0.15) is 9.97 Å². The van der Waals surface area contributed by atoms with Gasteiger partial charge in [0, 0.05) is 19.0 Å². The molecular formula is C16H16ClN5O2. The molecule has 0 saturated heterocycles. The fourth-order valence-corrected chi connectivity index (χ4v) is 2.29. The minimum Gasteiger partial charge on any atom is -0.472 e. The van der Waals surface area contributed by atoms with Crippen molar-refractivity contribution in [3.8, 4) is 5.88 Å². The number of aryl methyl sites for hydroxylation is 1. The standard InChI is InChI=1S/C16H16ClN5O2/c1-11-19-14(21-24-11)9-22(2)15-7-18-8-16(20-15)23-10-12-4-3-5-13(17)6-12/h3-8H,9-10H2,1-2H3. The van der Waals surface area contributed by atoms with Crippen LogP contribution in [0.15, 0.2) is 41.2 Å². The van der Waals surface area contributed by atoms with Crippen molar-refractivity contribution in [3.05, 3.63) is 59.0 Å². The largest absolute Gasteiger partial charge is 0.472 e. The van der Waals surface area contributed by atoms with Gasteiger partial charge in [-0.25, -0.2) is 0 Å². The van der Waals surface area contributed by atoms with Crippen molar-refractivity contribution >= 4 is 17.4 Å². The highest BCUT2D eigenvalue weighted by Crippen LogP contribution is 2.17. The molecule has 2 aromatic heterocycles. The van der Waals surface area contributed by atoms with E-state index in [1.807, 2.05) is 36.2 Å². The minimum atomic E-state index is 0.368. The van der Waals surface area contributed by atoms with E-state index in [1.165, 1.54) is 0 Å². The number of ether oxygens (including phenoxy) is 1. The molecule has 124 valence electrons. The van der Waals surface area contributed by atoms with Crippen LogP contribution in [0.3, 0.4) is 0 Å². The molecule has 0 radical (unpaired) electrons. The van der Waals surface area contributed by atoms with E-state index in [1.54, 1.807) is 19.3 Å². The number of anilines is 1. The highest BCUT2D eigenvalue weighted by Gasteiger charge is 2.10. The second-order valence-corrected chi connectivity index (χ2v) is 5.66. The van der Waals surface area contributed by atoms with Gasteiger partial charge in [0.2, 0.25) is 11.8 Å². The van der Waals surface area contributed by atoms with Gasteiger partial charge in [0.05, 0.1) is 18.9 Å².